The molecule has 0 atom stereocenters. The van der Waals surface area contributed by atoms with Crippen molar-refractivity contribution in [1.82, 2.24) is 15.3 Å². The minimum Gasteiger partial charge on any atom is -0.480 e. The smallest absolute Gasteiger partial charge is 0.322 e. The van der Waals surface area contributed by atoms with E-state index in [-0.39, 0.29) is 5.82 Å². The molecule has 1 heterocycles. The van der Waals surface area contributed by atoms with Gasteiger partial charge < -0.3 is 20.7 Å². The molecule has 3 rings (SSSR count). The summed E-state index contributed by atoms with van der Waals surface area (Å²) in [6, 6.07) is 10.6. The number of H-pyrrole nitrogens is 1. The van der Waals surface area contributed by atoms with Gasteiger partial charge in [0.05, 0.1) is 11.0 Å². The predicted molar refractivity (Wildman–Crippen MR) is 85.7 cm³/mol. The first-order valence-electron chi connectivity index (χ1n) is 7.03. The number of aromatic nitrogens is 2. The lowest BCUT2D eigenvalue weighted by Crippen LogP contribution is -2.29. The van der Waals surface area contributed by atoms with E-state index in [1.165, 1.54) is 12.1 Å². The highest BCUT2D eigenvalue weighted by molar-refractivity contribution is 5.98. The van der Waals surface area contributed by atoms with E-state index >= 15 is 0 Å². The van der Waals surface area contributed by atoms with E-state index in [0.717, 1.165) is 0 Å². The molecule has 1 aromatic heterocycles. The van der Waals surface area contributed by atoms with Crippen LogP contribution in [0.3, 0.4) is 0 Å². The molecule has 8 heteroatoms. The molecule has 0 aliphatic heterocycles. The van der Waals surface area contributed by atoms with Gasteiger partial charge in [0.2, 0.25) is 5.95 Å². The summed E-state index contributed by atoms with van der Waals surface area (Å²) >= 11 is 0. The molecule has 4 N–H and O–H groups in total. The third-order valence-electron chi connectivity index (χ3n) is 3.25. The van der Waals surface area contributed by atoms with E-state index in [0.29, 0.717) is 28.2 Å². The van der Waals surface area contributed by atoms with Gasteiger partial charge in [0.15, 0.2) is 0 Å². The summed E-state index contributed by atoms with van der Waals surface area (Å²) in [4.78, 5) is 29.7. The van der Waals surface area contributed by atoms with Gasteiger partial charge in [0, 0.05) is 11.3 Å². The highest BCUT2D eigenvalue weighted by Crippen LogP contribution is 2.19. The quantitative estimate of drug-likeness (QED) is 0.575. The first-order chi connectivity index (χ1) is 11.5. The molecule has 0 bridgehead atoms. The number of anilines is 2. The lowest BCUT2D eigenvalue weighted by atomic mass is 10.2. The van der Waals surface area contributed by atoms with Gasteiger partial charge in [0.25, 0.3) is 5.91 Å². The first kappa shape index (κ1) is 15.5. The molecule has 2 aromatic carbocycles. The van der Waals surface area contributed by atoms with Crippen molar-refractivity contribution in [1.29, 1.82) is 0 Å². The van der Waals surface area contributed by atoms with E-state index < -0.39 is 18.4 Å². The minimum absolute atomic E-state index is 0.309. The van der Waals surface area contributed by atoms with Gasteiger partial charge in [-0.1, -0.05) is 0 Å². The molecule has 122 valence electrons. The van der Waals surface area contributed by atoms with Crippen molar-refractivity contribution < 1.29 is 19.1 Å². The van der Waals surface area contributed by atoms with Crippen molar-refractivity contribution in [3.63, 3.8) is 0 Å². The number of carbonyl (C=O) groups is 2. The lowest BCUT2D eigenvalue weighted by Gasteiger charge is -2.01. The standard InChI is InChI=1S/C16H13FN4O3/c17-10-2-4-11(5-3-10)19-16-20-12-6-1-9(7-13(12)21-16)15(24)18-8-14(22)23/h1-7H,8H2,(H,18,24)(H,22,23)(H2,19,20,21). The fourth-order valence-electron chi connectivity index (χ4n) is 2.13. The van der Waals surface area contributed by atoms with Gasteiger partial charge in [-0.3, -0.25) is 9.59 Å². The Morgan fingerprint density at radius 1 is 1.17 bits per heavy atom. The molecule has 3 aromatic rings. The van der Waals surface area contributed by atoms with Gasteiger partial charge >= 0.3 is 5.97 Å². The number of hydrogen-bond donors (Lipinski definition) is 4. The maximum atomic E-state index is 12.9. The van der Waals surface area contributed by atoms with Crippen molar-refractivity contribution >= 4 is 34.5 Å². The van der Waals surface area contributed by atoms with Crippen LogP contribution in [0.4, 0.5) is 16.0 Å². The first-order valence-corrected chi connectivity index (χ1v) is 7.03. The third-order valence-corrected chi connectivity index (χ3v) is 3.25. The summed E-state index contributed by atoms with van der Waals surface area (Å²) in [5.74, 6) is -1.49. The predicted octanol–water partition coefficient (Wildman–Crippen LogP) is 2.26. The Bertz CT molecular complexity index is 905. The average Bonchev–Trinajstić information content (AvgIpc) is 2.96. The molecule has 0 saturated carbocycles. The topological polar surface area (TPSA) is 107 Å². The van der Waals surface area contributed by atoms with Crippen LogP contribution in [0, 0.1) is 5.82 Å². The van der Waals surface area contributed by atoms with Crippen molar-refractivity contribution in [2.45, 2.75) is 0 Å². The number of imidazole rings is 1. The normalized spacial score (nSPS) is 10.5. The summed E-state index contributed by atoms with van der Waals surface area (Å²) in [6.07, 6.45) is 0. The molecule has 1 amide bonds. The zero-order chi connectivity index (χ0) is 17.1. The van der Waals surface area contributed by atoms with E-state index in [1.807, 2.05) is 0 Å². The van der Waals surface area contributed by atoms with Crippen LogP contribution in [0.15, 0.2) is 42.5 Å². The Kier molecular flexibility index (Phi) is 4.11. The van der Waals surface area contributed by atoms with E-state index in [1.54, 1.807) is 30.3 Å². The number of nitrogens with one attached hydrogen (secondary N) is 3. The maximum Gasteiger partial charge on any atom is 0.322 e. The average molecular weight is 328 g/mol. The van der Waals surface area contributed by atoms with Crippen LogP contribution in [0.2, 0.25) is 0 Å². The van der Waals surface area contributed by atoms with Crippen LogP contribution in [-0.2, 0) is 4.79 Å². The zero-order valence-corrected chi connectivity index (χ0v) is 12.3. The van der Waals surface area contributed by atoms with Crippen LogP contribution in [0.5, 0.6) is 0 Å². The van der Waals surface area contributed by atoms with Crippen LogP contribution in [-0.4, -0.2) is 33.5 Å². The van der Waals surface area contributed by atoms with Crippen molar-refractivity contribution in [2.24, 2.45) is 0 Å². The monoisotopic (exact) mass is 328 g/mol. The summed E-state index contributed by atoms with van der Waals surface area (Å²) < 4.78 is 12.9. The Morgan fingerprint density at radius 2 is 1.92 bits per heavy atom. The zero-order valence-electron chi connectivity index (χ0n) is 12.3. The van der Waals surface area contributed by atoms with Gasteiger partial charge in [-0.05, 0) is 42.5 Å². The molecule has 0 radical (unpaired) electrons. The lowest BCUT2D eigenvalue weighted by molar-refractivity contribution is -0.135. The summed E-state index contributed by atoms with van der Waals surface area (Å²) in [5.41, 5.74) is 2.22. The Labute approximate surface area is 135 Å². The van der Waals surface area contributed by atoms with E-state index in [2.05, 4.69) is 20.6 Å². The van der Waals surface area contributed by atoms with Gasteiger partial charge in [-0.25, -0.2) is 9.37 Å². The molecule has 24 heavy (non-hydrogen) atoms. The van der Waals surface area contributed by atoms with E-state index in [9.17, 15) is 14.0 Å². The number of rotatable bonds is 5. The number of amides is 1. The molecular formula is C16H13FN4O3. The third kappa shape index (κ3) is 3.49. The highest BCUT2D eigenvalue weighted by atomic mass is 19.1. The van der Waals surface area contributed by atoms with Crippen molar-refractivity contribution in [2.75, 3.05) is 11.9 Å². The van der Waals surface area contributed by atoms with Crippen LogP contribution in [0.1, 0.15) is 10.4 Å². The van der Waals surface area contributed by atoms with Crippen LogP contribution in [0.25, 0.3) is 11.0 Å². The fraction of sp³-hybridized carbons (Fsp3) is 0.0625. The number of aliphatic carboxylic acids is 1. The number of nitrogens with zero attached hydrogens (tertiary/aromatic N) is 1. The van der Waals surface area contributed by atoms with Gasteiger partial charge in [-0.15, -0.1) is 0 Å². The highest BCUT2D eigenvalue weighted by Gasteiger charge is 2.10. The number of halogens is 1. The number of benzene rings is 2. The molecule has 0 aliphatic rings. The summed E-state index contributed by atoms with van der Waals surface area (Å²) in [6.45, 7) is -0.450. The van der Waals surface area contributed by atoms with Crippen molar-refractivity contribution in [3.05, 3.63) is 53.8 Å². The second kappa shape index (κ2) is 6.37. The fourth-order valence-corrected chi connectivity index (χ4v) is 2.13. The SMILES string of the molecule is O=C(O)CNC(=O)c1ccc2[nH]c(Nc3ccc(F)cc3)nc2c1. The molecule has 0 aliphatic carbocycles. The number of carboxylic acid groups (broad SMARTS) is 1. The Balaban J connectivity index is 1.79. The number of aromatic amines is 1. The van der Waals surface area contributed by atoms with Gasteiger partial charge in [-0.2, -0.15) is 0 Å². The molecular weight excluding hydrogens is 315 g/mol. The Morgan fingerprint density at radius 3 is 2.62 bits per heavy atom. The number of fused-ring (bicyclic) bond motifs is 1. The largest absolute Gasteiger partial charge is 0.480 e. The van der Waals surface area contributed by atoms with Crippen molar-refractivity contribution in [3.8, 4) is 0 Å². The summed E-state index contributed by atoms with van der Waals surface area (Å²) in [5, 5.41) is 13.9. The molecule has 7 nitrogen and oxygen atoms in total. The molecule has 0 unspecified atom stereocenters. The van der Waals surface area contributed by atoms with Crippen LogP contribution < -0.4 is 10.6 Å². The molecule has 0 saturated heterocycles. The maximum absolute atomic E-state index is 12.9. The summed E-state index contributed by atoms with van der Waals surface area (Å²) in [7, 11) is 0. The number of carbonyl (C=O) groups excluding carboxylic acids is 1. The van der Waals surface area contributed by atoms with Crippen LogP contribution >= 0.6 is 0 Å². The van der Waals surface area contributed by atoms with Gasteiger partial charge in [0.1, 0.15) is 12.4 Å². The minimum atomic E-state index is -1.12. The second-order valence-electron chi connectivity index (χ2n) is 5.03. The molecule has 0 spiro atoms. The number of carboxylic acids is 1. The second-order valence-corrected chi connectivity index (χ2v) is 5.03. The van der Waals surface area contributed by atoms with E-state index in [4.69, 9.17) is 5.11 Å². The number of hydrogen-bond acceptors (Lipinski definition) is 4. The Hall–Kier alpha value is -3.42. The molecule has 0 fully saturated rings.